The summed E-state index contributed by atoms with van der Waals surface area (Å²) < 4.78 is 0. The van der Waals surface area contributed by atoms with Gasteiger partial charge in [0.1, 0.15) is 5.54 Å². The van der Waals surface area contributed by atoms with Crippen LogP contribution in [0.1, 0.15) is 33.0 Å². The lowest BCUT2D eigenvalue weighted by Crippen LogP contribution is -2.53. The Morgan fingerprint density at radius 1 is 1.05 bits per heavy atom. The van der Waals surface area contributed by atoms with Crippen molar-refractivity contribution in [1.82, 2.24) is 9.80 Å². The highest BCUT2D eigenvalue weighted by atomic mass is 35.5. The average Bonchev–Trinajstić information content (AvgIpc) is 3.35. The summed E-state index contributed by atoms with van der Waals surface area (Å²) in [5.74, 6) is -1.79. The SMILES string of the molecule is CN1C(=O)N(c2cc(Cl)cc(Cl)c2)C(=O)[C@]12CN(Cc1ccc(C(=O)O)cc1)C[C@H]2c1ccc(C#N)cc1. The number of benzene rings is 3. The molecule has 0 bridgehead atoms. The summed E-state index contributed by atoms with van der Waals surface area (Å²) in [6, 6.07) is 19.8. The fourth-order valence-corrected chi connectivity index (χ4v) is 5.94. The van der Waals surface area contributed by atoms with Crippen LogP contribution in [0.4, 0.5) is 10.5 Å². The number of halogens is 2. The number of rotatable bonds is 5. The lowest BCUT2D eigenvalue weighted by molar-refractivity contribution is -0.124. The number of likely N-dealkylation sites (N-methyl/N-ethyl adjacent to an activating group) is 1. The third-order valence-corrected chi connectivity index (χ3v) is 7.72. The number of hydrogen-bond donors (Lipinski definition) is 1. The van der Waals surface area contributed by atoms with Crippen LogP contribution in [0, 0.1) is 11.3 Å². The second-order valence-corrected chi connectivity index (χ2v) is 10.4. The Kier molecular flexibility index (Phi) is 6.61. The Morgan fingerprint density at radius 3 is 2.26 bits per heavy atom. The number of nitriles is 1. The summed E-state index contributed by atoms with van der Waals surface area (Å²) in [5.41, 5.74) is 1.46. The fraction of sp³-hybridized carbons (Fsp3) is 0.214. The molecule has 2 fully saturated rings. The van der Waals surface area contributed by atoms with Crippen molar-refractivity contribution in [3.05, 3.63) is 99.0 Å². The first-order valence-electron chi connectivity index (χ1n) is 11.8. The number of carbonyl (C=O) groups excluding carboxylic acids is 2. The van der Waals surface area contributed by atoms with Crippen molar-refractivity contribution >= 4 is 46.8 Å². The van der Waals surface area contributed by atoms with E-state index >= 15 is 0 Å². The Hall–Kier alpha value is -3.90. The van der Waals surface area contributed by atoms with E-state index in [9.17, 15) is 24.8 Å². The van der Waals surface area contributed by atoms with Crippen LogP contribution in [-0.2, 0) is 11.3 Å². The summed E-state index contributed by atoms with van der Waals surface area (Å²) in [6.07, 6.45) is 0. The van der Waals surface area contributed by atoms with E-state index in [2.05, 4.69) is 11.0 Å². The minimum Gasteiger partial charge on any atom is -0.478 e. The molecule has 0 saturated carbocycles. The normalized spacial score (nSPS) is 21.4. The highest BCUT2D eigenvalue weighted by Gasteiger charge is 2.64. The molecule has 2 saturated heterocycles. The van der Waals surface area contributed by atoms with Crippen LogP contribution in [0.5, 0.6) is 0 Å². The summed E-state index contributed by atoms with van der Waals surface area (Å²) in [7, 11) is 1.62. The molecule has 3 aromatic rings. The molecular weight excluding hydrogens is 527 g/mol. The van der Waals surface area contributed by atoms with Crippen LogP contribution in [0.3, 0.4) is 0 Å². The van der Waals surface area contributed by atoms with Gasteiger partial charge >= 0.3 is 12.0 Å². The van der Waals surface area contributed by atoms with Gasteiger partial charge in [0.2, 0.25) is 0 Å². The molecule has 3 amide bonds. The van der Waals surface area contributed by atoms with Gasteiger partial charge in [-0.2, -0.15) is 5.26 Å². The Labute approximate surface area is 229 Å². The molecule has 2 heterocycles. The van der Waals surface area contributed by atoms with E-state index in [4.69, 9.17) is 23.2 Å². The molecule has 2 aliphatic heterocycles. The second kappa shape index (κ2) is 9.76. The molecule has 192 valence electrons. The van der Waals surface area contributed by atoms with Gasteiger partial charge in [0.25, 0.3) is 5.91 Å². The average molecular weight is 549 g/mol. The predicted octanol–water partition coefficient (Wildman–Crippen LogP) is 5.00. The zero-order valence-corrected chi connectivity index (χ0v) is 21.8. The van der Waals surface area contributed by atoms with Crippen LogP contribution in [0.2, 0.25) is 10.0 Å². The monoisotopic (exact) mass is 548 g/mol. The Balaban J connectivity index is 1.55. The van der Waals surface area contributed by atoms with Gasteiger partial charge in [0, 0.05) is 42.6 Å². The van der Waals surface area contributed by atoms with E-state index in [0.717, 1.165) is 16.0 Å². The number of carbonyl (C=O) groups is 3. The first-order chi connectivity index (χ1) is 18.1. The van der Waals surface area contributed by atoms with Crippen molar-refractivity contribution in [2.45, 2.75) is 18.0 Å². The molecule has 1 N–H and O–H groups in total. The Morgan fingerprint density at radius 2 is 1.68 bits per heavy atom. The second-order valence-electron chi connectivity index (χ2n) is 9.49. The molecule has 8 nitrogen and oxygen atoms in total. The van der Waals surface area contributed by atoms with E-state index in [1.165, 1.54) is 23.1 Å². The number of aromatic carboxylic acids is 1. The minimum atomic E-state index is -1.22. The highest BCUT2D eigenvalue weighted by molar-refractivity contribution is 6.35. The molecule has 1 spiro atoms. The number of carboxylic acid groups (broad SMARTS) is 1. The minimum absolute atomic E-state index is 0.189. The van der Waals surface area contributed by atoms with Crippen molar-refractivity contribution in [3.8, 4) is 6.07 Å². The smallest absolute Gasteiger partial charge is 0.335 e. The summed E-state index contributed by atoms with van der Waals surface area (Å²) in [6.45, 7) is 1.16. The third kappa shape index (κ3) is 4.29. The largest absolute Gasteiger partial charge is 0.478 e. The first kappa shape index (κ1) is 25.7. The molecule has 38 heavy (non-hydrogen) atoms. The van der Waals surface area contributed by atoms with Gasteiger partial charge in [0.05, 0.1) is 22.9 Å². The molecule has 10 heteroatoms. The number of amides is 3. The van der Waals surface area contributed by atoms with Crippen molar-refractivity contribution < 1.29 is 19.5 Å². The third-order valence-electron chi connectivity index (χ3n) is 7.29. The number of likely N-dealkylation sites (tertiary alicyclic amines) is 1. The number of nitrogens with zero attached hydrogens (tertiary/aromatic N) is 4. The maximum atomic E-state index is 14.2. The van der Waals surface area contributed by atoms with Crippen molar-refractivity contribution in [2.24, 2.45) is 0 Å². The lowest BCUT2D eigenvalue weighted by atomic mass is 9.80. The molecule has 2 atom stereocenters. The fourth-order valence-electron chi connectivity index (χ4n) is 5.42. The summed E-state index contributed by atoms with van der Waals surface area (Å²) >= 11 is 12.4. The van der Waals surface area contributed by atoms with Gasteiger partial charge in [-0.15, -0.1) is 0 Å². The molecule has 2 aliphatic rings. The van der Waals surface area contributed by atoms with Crippen LogP contribution in [0.25, 0.3) is 0 Å². The topological polar surface area (TPSA) is 105 Å². The lowest BCUT2D eigenvalue weighted by Gasteiger charge is -2.34. The maximum absolute atomic E-state index is 14.2. The van der Waals surface area contributed by atoms with Crippen LogP contribution >= 0.6 is 23.2 Å². The zero-order valence-electron chi connectivity index (χ0n) is 20.3. The van der Waals surface area contributed by atoms with Crippen molar-refractivity contribution in [3.63, 3.8) is 0 Å². The van der Waals surface area contributed by atoms with Gasteiger partial charge in [-0.25, -0.2) is 14.5 Å². The molecule has 3 aromatic carbocycles. The first-order valence-corrected chi connectivity index (χ1v) is 12.5. The van der Waals surface area contributed by atoms with Crippen LogP contribution in [-0.4, -0.2) is 58.5 Å². The maximum Gasteiger partial charge on any atom is 0.335 e. The van der Waals surface area contributed by atoms with Crippen LogP contribution < -0.4 is 4.90 Å². The molecule has 0 aliphatic carbocycles. The number of urea groups is 1. The summed E-state index contributed by atoms with van der Waals surface area (Å²) in [5, 5.41) is 19.1. The standard InChI is InChI=1S/C28H22Cl2N4O4/c1-32-27(38)34(23-11-21(29)10-22(30)12-23)26(37)28(32)16-33(14-18-4-8-20(9-5-18)25(35)36)15-24(28)19-6-2-17(13-31)3-7-19/h2-12,24H,14-16H2,1H3,(H,35,36)/t24-,28+/m0/s1. The van der Waals surface area contributed by atoms with Crippen molar-refractivity contribution in [1.29, 1.82) is 5.26 Å². The quantitative estimate of drug-likeness (QED) is 0.450. The predicted molar refractivity (Wildman–Crippen MR) is 142 cm³/mol. The number of imide groups is 1. The molecule has 0 radical (unpaired) electrons. The number of carboxylic acids is 1. The van der Waals surface area contributed by atoms with Gasteiger partial charge in [-0.1, -0.05) is 47.5 Å². The van der Waals surface area contributed by atoms with Gasteiger partial charge < -0.3 is 10.0 Å². The number of hydrogen-bond acceptors (Lipinski definition) is 5. The van der Waals surface area contributed by atoms with Gasteiger partial charge in [-0.3, -0.25) is 9.69 Å². The van der Waals surface area contributed by atoms with E-state index in [1.807, 2.05) is 12.1 Å². The molecule has 0 unspecified atom stereocenters. The van der Waals surface area contributed by atoms with E-state index in [1.54, 1.807) is 43.4 Å². The van der Waals surface area contributed by atoms with Gasteiger partial charge in [-0.05, 0) is 53.6 Å². The van der Waals surface area contributed by atoms with Gasteiger partial charge in [0.15, 0.2) is 0 Å². The molecule has 5 rings (SSSR count). The Bertz CT molecular complexity index is 1470. The van der Waals surface area contributed by atoms with E-state index in [-0.39, 0.29) is 18.0 Å². The molecular formula is C28H22Cl2N4O4. The van der Waals surface area contributed by atoms with Crippen LogP contribution in [0.15, 0.2) is 66.7 Å². The van der Waals surface area contributed by atoms with E-state index < -0.39 is 23.5 Å². The molecule has 0 aromatic heterocycles. The number of anilines is 1. The zero-order chi connectivity index (χ0) is 27.2. The summed E-state index contributed by atoms with van der Waals surface area (Å²) in [4.78, 5) is 43.7. The van der Waals surface area contributed by atoms with Crippen molar-refractivity contribution in [2.75, 3.05) is 25.0 Å². The highest BCUT2D eigenvalue weighted by Crippen LogP contribution is 2.47. The van der Waals surface area contributed by atoms with E-state index in [0.29, 0.717) is 34.4 Å².